The minimum Gasteiger partial charge on any atom is -0.495 e. The lowest BCUT2D eigenvalue weighted by Crippen LogP contribution is -2.34. The SMILES string of the molecule is COc1cc(N)ccc1S(=O)(=O)N(CCC#N)C1CC1. The summed E-state index contributed by atoms with van der Waals surface area (Å²) in [4.78, 5) is 0.0963. The summed E-state index contributed by atoms with van der Waals surface area (Å²) in [6.07, 6.45) is 1.84. The molecule has 0 unspecified atom stereocenters. The van der Waals surface area contributed by atoms with Crippen LogP contribution in [0.3, 0.4) is 0 Å². The maximum atomic E-state index is 12.7. The Balaban J connectivity index is 2.40. The van der Waals surface area contributed by atoms with Crippen molar-refractivity contribution in [1.29, 1.82) is 5.26 Å². The smallest absolute Gasteiger partial charge is 0.247 e. The molecular formula is C13H17N3O3S. The number of anilines is 1. The van der Waals surface area contributed by atoms with E-state index in [2.05, 4.69) is 0 Å². The summed E-state index contributed by atoms with van der Waals surface area (Å²) in [6.45, 7) is 0.205. The van der Waals surface area contributed by atoms with Gasteiger partial charge in [0.25, 0.3) is 0 Å². The number of rotatable bonds is 6. The van der Waals surface area contributed by atoms with Crippen LogP contribution in [0.1, 0.15) is 19.3 Å². The molecule has 6 nitrogen and oxygen atoms in total. The second kappa shape index (κ2) is 5.69. The summed E-state index contributed by atoms with van der Waals surface area (Å²) in [5, 5.41) is 8.68. The standard InChI is InChI=1S/C13H17N3O3S/c1-19-12-9-10(15)3-6-13(12)20(17,18)16(8-2-7-14)11-4-5-11/h3,6,9,11H,2,4-5,8,15H2,1H3. The van der Waals surface area contributed by atoms with Gasteiger partial charge in [-0.05, 0) is 25.0 Å². The fraction of sp³-hybridized carbons (Fsp3) is 0.462. The molecule has 0 aliphatic heterocycles. The Morgan fingerprint density at radius 1 is 1.50 bits per heavy atom. The number of nitrogens with two attached hydrogens (primary N) is 1. The van der Waals surface area contributed by atoms with E-state index in [0.29, 0.717) is 5.69 Å². The first-order valence-corrected chi connectivity index (χ1v) is 7.77. The molecule has 1 fully saturated rings. The van der Waals surface area contributed by atoms with Gasteiger partial charge in [-0.25, -0.2) is 8.42 Å². The lowest BCUT2D eigenvalue weighted by atomic mass is 10.3. The molecule has 0 heterocycles. The Hall–Kier alpha value is -1.78. The summed E-state index contributed by atoms with van der Waals surface area (Å²) in [6, 6.07) is 6.45. The van der Waals surface area contributed by atoms with Crippen LogP contribution in [0.25, 0.3) is 0 Å². The molecule has 1 saturated carbocycles. The molecule has 0 bridgehead atoms. The van der Waals surface area contributed by atoms with E-state index in [1.807, 2.05) is 6.07 Å². The molecule has 1 aliphatic rings. The zero-order chi connectivity index (χ0) is 14.8. The number of sulfonamides is 1. The van der Waals surface area contributed by atoms with Crippen molar-refractivity contribution in [3.63, 3.8) is 0 Å². The summed E-state index contributed by atoms with van der Waals surface area (Å²) in [7, 11) is -2.26. The van der Waals surface area contributed by atoms with Gasteiger partial charge < -0.3 is 10.5 Å². The van der Waals surface area contributed by atoms with Gasteiger partial charge in [-0.3, -0.25) is 0 Å². The zero-order valence-corrected chi connectivity index (χ0v) is 12.1. The third-order valence-corrected chi connectivity index (χ3v) is 5.16. The molecule has 0 amide bonds. The van der Waals surface area contributed by atoms with Crippen LogP contribution < -0.4 is 10.5 Å². The van der Waals surface area contributed by atoms with Crippen molar-refractivity contribution < 1.29 is 13.2 Å². The van der Waals surface area contributed by atoms with Gasteiger partial charge in [0.05, 0.1) is 13.2 Å². The number of nitrogen functional groups attached to an aromatic ring is 1. The van der Waals surface area contributed by atoms with Crippen LogP contribution in [0.2, 0.25) is 0 Å². The summed E-state index contributed by atoms with van der Waals surface area (Å²) in [5.41, 5.74) is 6.08. The fourth-order valence-corrected chi connectivity index (χ4v) is 3.87. The lowest BCUT2D eigenvalue weighted by molar-refractivity contribution is 0.387. The molecular weight excluding hydrogens is 278 g/mol. The first-order valence-electron chi connectivity index (χ1n) is 6.33. The molecule has 20 heavy (non-hydrogen) atoms. The van der Waals surface area contributed by atoms with Crippen molar-refractivity contribution in [2.45, 2.75) is 30.2 Å². The second-order valence-corrected chi connectivity index (χ2v) is 6.52. The number of methoxy groups -OCH3 is 1. The van der Waals surface area contributed by atoms with Crippen molar-refractivity contribution in [3.8, 4) is 11.8 Å². The van der Waals surface area contributed by atoms with E-state index in [0.717, 1.165) is 12.8 Å². The molecule has 1 aromatic carbocycles. The van der Waals surface area contributed by atoms with E-state index < -0.39 is 10.0 Å². The quantitative estimate of drug-likeness (QED) is 0.799. The maximum absolute atomic E-state index is 12.7. The Labute approximate surface area is 118 Å². The molecule has 0 saturated heterocycles. The zero-order valence-electron chi connectivity index (χ0n) is 11.2. The highest BCUT2D eigenvalue weighted by molar-refractivity contribution is 7.89. The average molecular weight is 295 g/mol. The molecule has 108 valence electrons. The van der Waals surface area contributed by atoms with Crippen molar-refractivity contribution >= 4 is 15.7 Å². The number of nitriles is 1. The predicted molar refractivity (Wildman–Crippen MR) is 74.6 cm³/mol. The highest BCUT2D eigenvalue weighted by Crippen LogP contribution is 2.35. The first-order chi connectivity index (χ1) is 9.50. The lowest BCUT2D eigenvalue weighted by Gasteiger charge is -2.22. The van der Waals surface area contributed by atoms with E-state index in [1.54, 1.807) is 0 Å². The third-order valence-electron chi connectivity index (χ3n) is 3.17. The summed E-state index contributed by atoms with van der Waals surface area (Å²) in [5.74, 6) is 0.229. The number of hydrogen-bond acceptors (Lipinski definition) is 5. The van der Waals surface area contributed by atoms with E-state index in [1.165, 1.54) is 29.6 Å². The summed E-state index contributed by atoms with van der Waals surface area (Å²) < 4.78 is 31.9. The van der Waals surface area contributed by atoms with Crippen LogP contribution in [0.5, 0.6) is 5.75 Å². The average Bonchev–Trinajstić information content (AvgIpc) is 3.23. The molecule has 0 radical (unpaired) electrons. The highest BCUT2D eigenvalue weighted by Gasteiger charge is 2.38. The van der Waals surface area contributed by atoms with E-state index in [9.17, 15) is 8.42 Å². The topological polar surface area (TPSA) is 96.4 Å². The Morgan fingerprint density at radius 2 is 2.20 bits per heavy atom. The Bertz CT molecular complexity index is 633. The molecule has 0 atom stereocenters. The minimum atomic E-state index is -3.67. The van der Waals surface area contributed by atoms with Crippen LogP contribution in [-0.4, -0.2) is 32.4 Å². The molecule has 2 N–H and O–H groups in total. The van der Waals surface area contributed by atoms with Crippen molar-refractivity contribution in [1.82, 2.24) is 4.31 Å². The number of nitrogens with zero attached hydrogens (tertiary/aromatic N) is 2. The van der Waals surface area contributed by atoms with Gasteiger partial charge in [-0.2, -0.15) is 9.57 Å². The van der Waals surface area contributed by atoms with Crippen molar-refractivity contribution in [3.05, 3.63) is 18.2 Å². The van der Waals surface area contributed by atoms with Gasteiger partial charge in [0.2, 0.25) is 10.0 Å². The first kappa shape index (κ1) is 14.6. The van der Waals surface area contributed by atoms with E-state index in [-0.39, 0.29) is 29.7 Å². The molecule has 2 rings (SSSR count). The Morgan fingerprint density at radius 3 is 2.75 bits per heavy atom. The van der Waals surface area contributed by atoms with Gasteiger partial charge >= 0.3 is 0 Å². The van der Waals surface area contributed by atoms with Crippen LogP contribution in [0.4, 0.5) is 5.69 Å². The van der Waals surface area contributed by atoms with Gasteiger partial charge in [0.1, 0.15) is 10.6 Å². The van der Waals surface area contributed by atoms with Crippen LogP contribution in [0.15, 0.2) is 23.1 Å². The van der Waals surface area contributed by atoms with Gasteiger partial charge in [0, 0.05) is 30.8 Å². The van der Waals surface area contributed by atoms with Gasteiger partial charge in [-0.1, -0.05) is 0 Å². The highest BCUT2D eigenvalue weighted by atomic mass is 32.2. The normalized spacial score (nSPS) is 15.1. The van der Waals surface area contributed by atoms with Gasteiger partial charge in [-0.15, -0.1) is 0 Å². The molecule has 0 spiro atoms. The van der Waals surface area contributed by atoms with Gasteiger partial charge in [0.15, 0.2) is 0 Å². The largest absolute Gasteiger partial charge is 0.495 e. The maximum Gasteiger partial charge on any atom is 0.247 e. The minimum absolute atomic E-state index is 0.00407. The number of hydrogen-bond donors (Lipinski definition) is 1. The van der Waals surface area contributed by atoms with Crippen molar-refractivity contribution in [2.75, 3.05) is 19.4 Å². The summed E-state index contributed by atoms with van der Waals surface area (Å²) >= 11 is 0. The van der Waals surface area contributed by atoms with Crippen LogP contribution in [-0.2, 0) is 10.0 Å². The van der Waals surface area contributed by atoms with Crippen LogP contribution >= 0.6 is 0 Å². The third kappa shape index (κ3) is 2.86. The monoisotopic (exact) mass is 295 g/mol. The molecule has 0 aromatic heterocycles. The van der Waals surface area contributed by atoms with Crippen LogP contribution in [0, 0.1) is 11.3 Å². The van der Waals surface area contributed by atoms with E-state index >= 15 is 0 Å². The molecule has 7 heteroatoms. The fourth-order valence-electron chi connectivity index (χ4n) is 2.05. The molecule has 1 aromatic rings. The predicted octanol–water partition coefficient (Wildman–Crippen LogP) is 1.34. The molecule has 1 aliphatic carbocycles. The number of ether oxygens (including phenoxy) is 1. The second-order valence-electron chi connectivity index (χ2n) is 4.67. The number of benzene rings is 1. The van der Waals surface area contributed by atoms with Crippen molar-refractivity contribution in [2.24, 2.45) is 0 Å². The van der Waals surface area contributed by atoms with E-state index in [4.69, 9.17) is 15.7 Å². The Kier molecular flexibility index (Phi) is 4.16.